The van der Waals surface area contributed by atoms with Crippen molar-refractivity contribution in [3.63, 3.8) is 0 Å². The van der Waals surface area contributed by atoms with E-state index in [1.807, 2.05) is 0 Å². The number of benzene rings is 1. The molecule has 13 heavy (non-hydrogen) atoms. The first-order valence-corrected chi connectivity index (χ1v) is 4.75. The molecule has 1 heterocycles. The molecule has 2 nitrogen and oxygen atoms in total. The van der Waals surface area contributed by atoms with E-state index in [0.717, 1.165) is 5.56 Å². The van der Waals surface area contributed by atoms with Gasteiger partial charge >= 0.3 is 0 Å². The Labute approximate surface area is 86.5 Å². The van der Waals surface area contributed by atoms with Crippen molar-refractivity contribution in [1.82, 2.24) is 5.32 Å². The predicted molar refractivity (Wildman–Crippen MR) is 53.2 cm³/mol. The van der Waals surface area contributed by atoms with Gasteiger partial charge in [0.25, 0.3) is 0 Å². The maximum atomic E-state index is 9.95. The fraction of sp³-hybridized carbons (Fsp3) is 0.333. The second-order valence-electron chi connectivity index (χ2n) is 3.29. The molecule has 1 aliphatic rings. The van der Waals surface area contributed by atoms with Crippen LogP contribution in [0.1, 0.15) is 5.56 Å². The normalized spacial score (nSPS) is 19.6. The van der Waals surface area contributed by atoms with Crippen LogP contribution in [0.4, 0.5) is 0 Å². The van der Waals surface area contributed by atoms with E-state index in [1.54, 1.807) is 18.2 Å². The van der Waals surface area contributed by atoms with Crippen LogP contribution < -0.4 is 5.32 Å². The zero-order valence-electron chi connectivity index (χ0n) is 6.85. The van der Waals surface area contributed by atoms with E-state index in [9.17, 15) is 5.11 Å². The van der Waals surface area contributed by atoms with Gasteiger partial charge in [-0.3, -0.25) is 0 Å². The molecule has 2 rings (SSSR count). The molecule has 0 aliphatic carbocycles. The quantitative estimate of drug-likeness (QED) is 0.753. The summed E-state index contributed by atoms with van der Waals surface area (Å²) in [5.74, 6) is 0. The molecule has 0 radical (unpaired) electrons. The van der Waals surface area contributed by atoms with Crippen molar-refractivity contribution in [2.24, 2.45) is 0 Å². The summed E-state index contributed by atoms with van der Waals surface area (Å²) >= 11 is 11.6. The molecule has 1 saturated heterocycles. The first kappa shape index (κ1) is 9.28. The van der Waals surface area contributed by atoms with Gasteiger partial charge in [-0.2, -0.15) is 0 Å². The van der Waals surface area contributed by atoms with Crippen LogP contribution in [0.2, 0.25) is 10.0 Å². The summed E-state index contributed by atoms with van der Waals surface area (Å²) in [4.78, 5) is 0. The third kappa shape index (κ3) is 1.67. The molecule has 1 aliphatic heterocycles. The molecule has 0 amide bonds. The van der Waals surface area contributed by atoms with Crippen molar-refractivity contribution >= 4 is 23.2 Å². The Kier molecular flexibility index (Phi) is 2.24. The van der Waals surface area contributed by atoms with Gasteiger partial charge in [0.05, 0.1) is 0 Å². The van der Waals surface area contributed by atoms with Crippen molar-refractivity contribution in [3.8, 4) is 0 Å². The van der Waals surface area contributed by atoms with Crippen LogP contribution in [-0.4, -0.2) is 18.2 Å². The van der Waals surface area contributed by atoms with Gasteiger partial charge < -0.3 is 10.4 Å². The molecule has 0 atom stereocenters. The van der Waals surface area contributed by atoms with E-state index >= 15 is 0 Å². The number of rotatable bonds is 1. The Morgan fingerprint density at radius 1 is 1.15 bits per heavy atom. The van der Waals surface area contributed by atoms with Gasteiger partial charge in [0.1, 0.15) is 5.60 Å². The summed E-state index contributed by atoms with van der Waals surface area (Å²) in [6.07, 6.45) is 0. The lowest BCUT2D eigenvalue weighted by molar-refractivity contribution is -0.0146. The lowest BCUT2D eigenvalue weighted by atomic mass is 9.88. The third-order valence-corrected chi connectivity index (χ3v) is 2.67. The van der Waals surface area contributed by atoms with Gasteiger partial charge in [0.15, 0.2) is 0 Å². The minimum absolute atomic E-state index is 0.558. The van der Waals surface area contributed by atoms with Crippen molar-refractivity contribution in [1.29, 1.82) is 0 Å². The van der Waals surface area contributed by atoms with Crippen molar-refractivity contribution in [3.05, 3.63) is 33.8 Å². The summed E-state index contributed by atoms with van der Waals surface area (Å²) < 4.78 is 0. The number of hydrogen-bond acceptors (Lipinski definition) is 2. The van der Waals surface area contributed by atoms with E-state index in [0.29, 0.717) is 23.1 Å². The molecular formula is C9H9Cl2NO. The van der Waals surface area contributed by atoms with Crippen molar-refractivity contribution in [2.75, 3.05) is 13.1 Å². The van der Waals surface area contributed by atoms with Gasteiger partial charge in [0, 0.05) is 23.1 Å². The van der Waals surface area contributed by atoms with Crippen molar-refractivity contribution < 1.29 is 5.11 Å². The molecule has 2 N–H and O–H groups in total. The number of halogens is 2. The van der Waals surface area contributed by atoms with Gasteiger partial charge in [-0.15, -0.1) is 0 Å². The van der Waals surface area contributed by atoms with Gasteiger partial charge in [-0.05, 0) is 23.8 Å². The highest BCUT2D eigenvalue weighted by atomic mass is 35.5. The molecular weight excluding hydrogens is 209 g/mol. The van der Waals surface area contributed by atoms with Crippen LogP contribution in [-0.2, 0) is 5.60 Å². The Bertz CT molecular complexity index is 316. The molecule has 0 bridgehead atoms. The monoisotopic (exact) mass is 217 g/mol. The average molecular weight is 218 g/mol. The maximum absolute atomic E-state index is 9.95. The number of aliphatic hydroxyl groups is 1. The van der Waals surface area contributed by atoms with Crippen LogP contribution in [0.5, 0.6) is 0 Å². The molecule has 0 unspecified atom stereocenters. The van der Waals surface area contributed by atoms with Crippen LogP contribution in [0.15, 0.2) is 18.2 Å². The average Bonchev–Trinajstić information content (AvgIpc) is 1.98. The molecule has 1 aromatic rings. The first-order chi connectivity index (χ1) is 6.10. The van der Waals surface area contributed by atoms with E-state index in [-0.39, 0.29) is 0 Å². The van der Waals surface area contributed by atoms with E-state index in [1.165, 1.54) is 0 Å². The van der Waals surface area contributed by atoms with Crippen LogP contribution in [0, 0.1) is 0 Å². The van der Waals surface area contributed by atoms with Crippen LogP contribution in [0.25, 0.3) is 0 Å². The number of hydrogen-bond donors (Lipinski definition) is 2. The highest BCUT2D eigenvalue weighted by molar-refractivity contribution is 6.34. The second kappa shape index (κ2) is 3.14. The van der Waals surface area contributed by atoms with E-state index < -0.39 is 5.60 Å². The Morgan fingerprint density at radius 3 is 2.08 bits per heavy atom. The zero-order chi connectivity index (χ0) is 9.47. The molecule has 4 heteroatoms. The van der Waals surface area contributed by atoms with Crippen LogP contribution >= 0.6 is 23.2 Å². The molecule has 0 saturated carbocycles. The van der Waals surface area contributed by atoms with Crippen molar-refractivity contribution in [2.45, 2.75) is 5.60 Å². The summed E-state index contributed by atoms with van der Waals surface area (Å²) in [6, 6.07) is 5.14. The SMILES string of the molecule is OC1(c2cc(Cl)cc(Cl)c2)CNC1. The lowest BCUT2D eigenvalue weighted by Gasteiger charge is -2.38. The number of nitrogens with one attached hydrogen (secondary N) is 1. The topological polar surface area (TPSA) is 32.3 Å². The standard InChI is InChI=1S/C9H9Cl2NO/c10-7-1-6(2-8(11)3-7)9(13)4-12-5-9/h1-3,12-13H,4-5H2. The molecule has 1 aromatic carbocycles. The number of β-amino-alcohol motifs (C(OH)–C–C–N with tert-alkyl or cyclic N) is 1. The largest absolute Gasteiger partial charge is 0.382 e. The molecule has 1 fully saturated rings. The predicted octanol–water partition coefficient (Wildman–Crippen LogP) is 1.78. The summed E-state index contributed by atoms with van der Waals surface area (Å²) in [5, 5.41) is 14.1. The van der Waals surface area contributed by atoms with Crippen LogP contribution in [0.3, 0.4) is 0 Å². The fourth-order valence-electron chi connectivity index (χ4n) is 1.39. The fourth-order valence-corrected chi connectivity index (χ4v) is 1.91. The van der Waals surface area contributed by atoms with E-state index in [2.05, 4.69) is 5.32 Å². The summed E-state index contributed by atoms with van der Waals surface area (Å²) in [5.41, 5.74) is -0.00194. The minimum atomic E-state index is -0.783. The highest BCUT2D eigenvalue weighted by Gasteiger charge is 2.36. The lowest BCUT2D eigenvalue weighted by Crippen LogP contribution is -2.56. The second-order valence-corrected chi connectivity index (χ2v) is 4.17. The molecule has 70 valence electrons. The minimum Gasteiger partial charge on any atom is -0.382 e. The Balaban J connectivity index is 2.39. The highest BCUT2D eigenvalue weighted by Crippen LogP contribution is 2.30. The van der Waals surface area contributed by atoms with Gasteiger partial charge in [0.2, 0.25) is 0 Å². The third-order valence-electron chi connectivity index (χ3n) is 2.23. The molecule has 0 aromatic heterocycles. The smallest absolute Gasteiger partial charge is 0.114 e. The summed E-state index contributed by atoms with van der Waals surface area (Å²) in [7, 11) is 0. The first-order valence-electron chi connectivity index (χ1n) is 4.00. The maximum Gasteiger partial charge on any atom is 0.114 e. The molecule has 0 spiro atoms. The Hall–Kier alpha value is -0.280. The summed E-state index contributed by atoms with van der Waals surface area (Å²) in [6.45, 7) is 1.12. The Morgan fingerprint density at radius 2 is 1.69 bits per heavy atom. The van der Waals surface area contributed by atoms with Gasteiger partial charge in [-0.1, -0.05) is 23.2 Å². The van der Waals surface area contributed by atoms with Gasteiger partial charge in [-0.25, -0.2) is 0 Å². The van der Waals surface area contributed by atoms with E-state index in [4.69, 9.17) is 23.2 Å². The zero-order valence-corrected chi connectivity index (χ0v) is 8.36.